The number of hydrogen-bond donors (Lipinski definition) is 1. The maximum Gasteiger partial charge on any atom is 0.337 e. The summed E-state index contributed by atoms with van der Waals surface area (Å²) >= 11 is 0. The van der Waals surface area contributed by atoms with Gasteiger partial charge < -0.3 is 19.5 Å². The zero-order valence-electron chi connectivity index (χ0n) is 29.1. The molecule has 0 fully saturated rings. The number of ether oxygens (including phenoxy) is 3. The molecule has 44 heavy (non-hydrogen) atoms. The first-order valence-corrected chi connectivity index (χ1v) is 17.5. The van der Waals surface area contributed by atoms with E-state index in [1.54, 1.807) is 0 Å². The van der Waals surface area contributed by atoms with Gasteiger partial charge in [-0.05, 0) is 72.9 Å². The summed E-state index contributed by atoms with van der Waals surface area (Å²) in [7, 11) is 0. The zero-order valence-corrected chi connectivity index (χ0v) is 29.1. The summed E-state index contributed by atoms with van der Waals surface area (Å²) in [6, 6.07) is 6.07. The van der Waals surface area contributed by atoms with Crippen LogP contribution in [0.1, 0.15) is 156 Å². The van der Waals surface area contributed by atoms with Crippen LogP contribution in [-0.2, 0) is 25.5 Å². The molecule has 1 N–H and O–H groups in total. The lowest BCUT2D eigenvalue weighted by atomic mass is 9.77. The summed E-state index contributed by atoms with van der Waals surface area (Å²) in [5.74, 6) is -0.837. The minimum atomic E-state index is -0.659. The summed E-state index contributed by atoms with van der Waals surface area (Å²) in [6.07, 6.45) is 17.2. The van der Waals surface area contributed by atoms with Crippen molar-refractivity contribution in [3.63, 3.8) is 0 Å². The van der Waals surface area contributed by atoms with Crippen molar-refractivity contribution < 1.29 is 23.8 Å². The highest BCUT2D eigenvalue weighted by Crippen LogP contribution is 2.45. The average Bonchev–Trinajstić information content (AvgIpc) is 2.94. The van der Waals surface area contributed by atoms with E-state index >= 15 is 0 Å². The van der Waals surface area contributed by atoms with Gasteiger partial charge in [0.2, 0.25) is 0 Å². The molecule has 0 saturated heterocycles. The van der Waals surface area contributed by atoms with E-state index in [-0.39, 0.29) is 12.2 Å². The van der Waals surface area contributed by atoms with Crippen LogP contribution in [0.3, 0.4) is 0 Å². The van der Waals surface area contributed by atoms with E-state index in [0.717, 1.165) is 30.4 Å². The van der Waals surface area contributed by atoms with E-state index in [2.05, 4.69) is 18.3 Å². The molecule has 6 heteroatoms. The molecule has 0 bridgehead atoms. The van der Waals surface area contributed by atoms with Gasteiger partial charge in [0, 0.05) is 17.0 Å². The van der Waals surface area contributed by atoms with Gasteiger partial charge in [0.1, 0.15) is 5.75 Å². The molecule has 248 valence electrons. The highest BCUT2D eigenvalue weighted by molar-refractivity contribution is 6.00. The third-order valence-electron chi connectivity index (χ3n) is 8.18. The van der Waals surface area contributed by atoms with Gasteiger partial charge in [-0.2, -0.15) is 0 Å². The topological polar surface area (TPSA) is 73.9 Å². The van der Waals surface area contributed by atoms with Crippen LogP contribution in [0.5, 0.6) is 5.75 Å². The minimum Gasteiger partial charge on any atom is -0.494 e. The van der Waals surface area contributed by atoms with Gasteiger partial charge in [0.05, 0.1) is 35.9 Å². The molecule has 0 amide bonds. The van der Waals surface area contributed by atoms with Gasteiger partial charge in [0.15, 0.2) is 0 Å². The molecule has 0 atom stereocenters. The van der Waals surface area contributed by atoms with Crippen molar-refractivity contribution in [3.05, 3.63) is 51.9 Å². The number of hydrogen-bond acceptors (Lipinski definition) is 6. The first-order chi connectivity index (χ1) is 21.1. The number of nitrogens with one attached hydrogen (secondary N) is 1. The number of allylic oxidation sites excluding steroid dienone is 2. The number of unbranched alkanes of at least 4 members (excludes halogenated alkanes) is 12. The van der Waals surface area contributed by atoms with Crippen LogP contribution >= 0.6 is 0 Å². The van der Waals surface area contributed by atoms with Crippen LogP contribution in [0.2, 0.25) is 0 Å². The summed E-state index contributed by atoms with van der Waals surface area (Å²) in [5.41, 5.74) is 4.17. The molecule has 1 aliphatic rings. The van der Waals surface area contributed by atoms with Gasteiger partial charge >= 0.3 is 11.9 Å². The van der Waals surface area contributed by atoms with Crippen molar-refractivity contribution in [2.24, 2.45) is 0 Å². The van der Waals surface area contributed by atoms with E-state index in [4.69, 9.17) is 14.2 Å². The maximum atomic E-state index is 13.6. The van der Waals surface area contributed by atoms with Crippen LogP contribution < -0.4 is 10.1 Å². The second-order valence-corrected chi connectivity index (χ2v) is 12.8. The number of dihydropyridines is 1. The third-order valence-corrected chi connectivity index (χ3v) is 8.18. The zero-order chi connectivity index (χ0) is 32.5. The summed E-state index contributed by atoms with van der Waals surface area (Å²) in [4.78, 5) is 27.3. The normalized spacial score (nSPS) is 14.0. The molecule has 0 aliphatic carbocycles. The van der Waals surface area contributed by atoms with Crippen LogP contribution in [0.4, 0.5) is 0 Å². The fourth-order valence-corrected chi connectivity index (χ4v) is 6.13. The Hall–Kier alpha value is -2.76. The molecular formula is C38H61NO5. The number of carbonyl (C=O) groups is 2. The summed E-state index contributed by atoms with van der Waals surface area (Å²) < 4.78 is 17.6. The predicted molar refractivity (Wildman–Crippen MR) is 181 cm³/mol. The van der Waals surface area contributed by atoms with E-state index in [1.165, 1.54) is 70.6 Å². The van der Waals surface area contributed by atoms with Crippen LogP contribution in [-0.4, -0.2) is 30.8 Å². The molecule has 1 aliphatic heterocycles. The Morgan fingerprint density at radius 3 is 1.59 bits per heavy atom. The summed E-state index contributed by atoms with van der Waals surface area (Å²) in [5, 5.41) is 3.27. The fraction of sp³-hybridized carbons (Fsp3) is 0.684. The van der Waals surface area contributed by atoms with Crippen molar-refractivity contribution in [2.45, 2.75) is 163 Å². The number of esters is 2. The highest BCUT2D eigenvalue weighted by atomic mass is 16.5. The van der Waals surface area contributed by atoms with Gasteiger partial charge in [-0.3, -0.25) is 0 Å². The van der Waals surface area contributed by atoms with Gasteiger partial charge in [0.25, 0.3) is 0 Å². The first-order valence-electron chi connectivity index (χ1n) is 17.5. The fourth-order valence-electron chi connectivity index (χ4n) is 6.13. The smallest absolute Gasteiger partial charge is 0.337 e. The molecule has 2 rings (SSSR count). The largest absolute Gasteiger partial charge is 0.494 e. The Morgan fingerprint density at radius 2 is 1.16 bits per heavy atom. The number of rotatable bonds is 21. The number of carbonyl (C=O) groups excluding carboxylic acids is 2. The molecule has 1 aromatic carbocycles. The standard InChI is InChI=1S/C38H61NO5/c1-9-11-12-13-14-15-16-17-18-19-20-21-22-24-31-25-23-26-32(42-10-2)35(31)36-33(37(40)43-27(3)4)29(7)39-30(8)34(36)38(41)44-28(5)6/h23,25-28,36,39H,9-22,24H2,1-8H3. The molecular weight excluding hydrogens is 550 g/mol. The second-order valence-electron chi connectivity index (χ2n) is 12.8. The van der Waals surface area contributed by atoms with Crippen molar-refractivity contribution in [1.29, 1.82) is 0 Å². The predicted octanol–water partition coefficient (Wildman–Crippen LogP) is 9.86. The maximum absolute atomic E-state index is 13.6. The van der Waals surface area contributed by atoms with E-state index in [1.807, 2.05) is 60.6 Å². The second kappa shape index (κ2) is 20.3. The van der Waals surface area contributed by atoms with E-state index in [9.17, 15) is 9.59 Å². The monoisotopic (exact) mass is 611 g/mol. The number of aryl methyl sites for hydroxylation is 1. The first kappa shape index (κ1) is 37.4. The van der Waals surface area contributed by atoms with Gasteiger partial charge in [-0.1, -0.05) is 96.1 Å². The van der Waals surface area contributed by atoms with Crippen LogP contribution in [0, 0.1) is 0 Å². The Morgan fingerprint density at radius 1 is 0.705 bits per heavy atom. The Labute approximate surface area is 268 Å². The van der Waals surface area contributed by atoms with Crippen molar-refractivity contribution in [1.82, 2.24) is 5.32 Å². The lowest BCUT2D eigenvalue weighted by Crippen LogP contribution is -2.34. The molecule has 6 nitrogen and oxygen atoms in total. The Kier molecular flexibility index (Phi) is 17.3. The molecule has 1 aromatic rings. The minimum absolute atomic E-state index is 0.297. The molecule has 0 saturated carbocycles. The van der Waals surface area contributed by atoms with E-state index in [0.29, 0.717) is 34.9 Å². The quantitative estimate of drug-likeness (QED) is 0.110. The third kappa shape index (κ3) is 12.0. The molecule has 1 heterocycles. The number of benzene rings is 1. The van der Waals surface area contributed by atoms with Crippen molar-refractivity contribution in [2.75, 3.05) is 6.61 Å². The van der Waals surface area contributed by atoms with Crippen molar-refractivity contribution in [3.8, 4) is 5.75 Å². The molecule has 0 spiro atoms. The summed E-state index contributed by atoms with van der Waals surface area (Å²) in [6.45, 7) is 15.8. The molecule has 0 unspecified atom stereocenters. The molecule has 0 radical (unpaired) electrons. The molecule has 0 aromatic heterocycles. The van der Waals surface area contributed by atoms with Crippen molar-refractivity contribution >= 4 is 11.9 Å². The lowest BCUT2D eigenvalue weighted by Gasteiger charge is -2.33. The SMILES string of the molecule is CCCCCCCCCCCCCCCc1cccc(OCC)c1C1C(C(=O)OC(C)C)=C(C)NC(C)=C1C(=O)OC(C)C. The Bertz CT molecular complexity index is 1060. The lowest BCUT2D eigenvalue weighted by molar-refractivity contribution is -0.143. The van der Waals surface area contributed by atoms with Crippen LogP contribution in [0.15, 0.2) is 40.7 Å². The van der Waals surface area contributed by atoms with E-state index < -0.39 is 17.9 Å². The highest BCUT2D eigenvalue weighted by Gasteiger charge is 2.41. The van der Waals surface area contributed by atoms with Gasteiger partial charge in [-0.15, -0.1) is 0 Å². The Balaban J connectivity index is 2.24. The van der Waals surface area contributed by atoms with Crippen LogP contribution in [0.25, 0.3) is 0 Å². The van der Waals surface area contributed by atoms with Gasteiger partial charge in [-0.25, -0.2) is 9.59 Å². The average molecular weight is 612 g/mol.